The Balaban J connectivity index is 2.93. The molecule has 0 unspecified atom stereocenters. The smallest absolute Gasteiger partial charge is 0.332 e. The molecule has 20 heavy (non-hydrogen) atoms. The average Bonchev–Trinajstić information content (AvgIpc) is 2.26. The lowest BCUT2D eigenvalue weighted by Gasteiger charge is -2.36. The highest BCUT2D eigenvalue weighted by molar-refractivity contribution is 6.98. The van der Waals surface area contributed by atoms with Crippen molar-refractivity contribution >= 4 is 21.8 Å². The van der Waals surface area contributed by atoms with Gasteiger partial charge in [0.1, 0.15) is 0 Å². The van der Waals surface area contributed by atoms with Crippen molar-refractivity contribution in [1.82, 2.24) is 0 Å². The molecule has 114 valence electrons. The van der Waals surface area contributed by atoms with Crippen molar-refractivity contribution in [3.63, 3.8) is 0 Å². The standard InChI is InChI=1S/C16H30O2Si2/c1-14(2)17-20(7,18-15(3)4)13-19(5,6)16-11-9-8-10-12-16/h8-12,14-15H,13H2,1-7H3. The van der Waals surface area contributed by atoms with Crippen LogP contribution in [0.5, 0.6) is 0 Å². The molecule has 0 radical (unpaired) electrons. The maximum absolute atomic E-state index is 6.26. The van der Waals surface area contributed by atoms with E-state index in [1.807, 2.05) is 0 Å². The molecule has 0 atom stereocenters. The lowest BCUT2D eigenvalue weighted by Crippen LogP contribution is -2.54. The summed E-state index contributed by atoms with van der Waals surface area (Å²) in [5, 5.41) is 1.48. The average molecular weight is 311 g/mol. The van der Waals surface area contributed by atoms with Gasteiger partial charge in [-0.1, -0.05) is 48.6 Å². The van der Waals surface area contributed by atoms with Crippen molar-refractivity contribution in [3.8, 4) is 0 Å². The Bertz CT molecular complexity index is 392. The van der Waals surface area contributed by atoms with E-state index in [1.54, 1.807) is 0 Å². The van der Waals surface area contributed by atoms with Crippen LogP contribution in [0.4, 0.5) is 0 Å². The van der Waals surface area contributed by atoms with Crippen molar-refractivity contribution in [2.75, 3.05) is 0 Å². The molecule has 0 aliphatic rings. The van der Waals surface area contributed by atoms with E-state index in [-0.39, 0.29) is 12.2 Å². The van der Waals surface area contributed by atoms with Crippen molar-refractivity contribution < 1.29 is 8.85 Å². The zero-order valence-electron chi connectivity index (χ0n) is 14.1. The summed E-state index contributed by atoms with van der Waals surface area (Å²) in [6.07, 6.45) is 0.456. The molecule has 0 saturated heterocycles. The summed E-state index contributed by atoms with van der Waals surface area (Å²) in [5.41, 5.74) is 1.10. The molecular weight excluding hydrogens is 280 g/mol. The Hall–Kier alpha value is -0.426. The Kier molecular flexibility index (Phi) is 6.19. The normalized spacial score (nSPS) is 13.2. The molecule has 0 fully saturated rings. The number of hydrogen-bond donors (Lipinski definition) is 0. The summed E-state index contributed by atoms with van der Waals surface area (Å²) in [7, 11) is -3.67. The molecule has 0 aromatic heterocycles. The molecule has 0 saturated carbocycles. The van der Waals surface area contributed by atoms with Crippen LogP contribution in [0, 0.1) is 0 Å². The maximum atomic E-state index is 6.26. The van der Waals surface area contributed by atoms with Crippen LogP contribution in [0.2, 0.25) is 25.3 Å². The molecule has 2 nitrogen and oxygen atoms in total. The first-order valence-corrected chi connectivity index (χ1v) is 13.3. The van der Waals surface area contributed by atoms with Crippen LogP contribution < -0.4 is 5.19 Å². The van der Waals surface area contributed by atoms with E-state index in [9.17, 15) is 0 Å². The second-order valence-corrected chi connectivity index (χ2v) is 15.4. The van der Waals surface area contributed by atoms with Crippen LogP contribution >= 0.6 is 0 Å². The van der Waals surface area contributed by atoms with Crippen LogP contribution in [0.1, 0.15) is 27.7 Å². The summed E-state index contributed by atoms with van der Waals surface area (Å²) < 4.78 is 12.5. The highest BCUT2D eigenvalue weighted by atomic mass is 28.4. The van der Waals surface area contributed by atoms with Gasteiger partial charge in [-0.2, -0.15) is 0 Å². The summed E-state index contributed by atoms with van der Waals surface area (Å²) >= 11 is 0. The van der Waals surface area contributed by atoms with Crippen molar-refractivity contribution in [2.45, 2.75) is 65.2 Å². The monoisotopic (exact) mass is 310 g/mol. The van der Waals surface area contributed by atoms with Crippen LogP contribution in [0.3, 0.4) is 0 Å². The van der Waals surface area contributed by atoms with Crippen molar-refractivity contribution in [3.05, 3.63) is 30.3 Å². The van der Waals surface area contributed by atoms with E-state index < -0.39 is 16.6 Å². The first-order chi connectivity index (χ1) is 9.15. The molecule has 1 aromatic carbocycles. The largest absolute Gasteiger partial charge is 0.392 e. The zero-order valence-corrected chi connectivity index (χ0v) is 16.1. The summed E-state index contributed by atoms with van der Waals surface area (Å²) in [6, 6.07) is 10.9. The third-order valence-electron chi connectivity index (χ3n) is 3.29. The number of rotatable bonds is 7. The fourth-order valence-corrected chi connectivity index (χ4v) is 14.0. The second kappa shape index (κ2) is 7.03. The summed E-state index contributed by atoms with van der Waals surface area (Å²) in [6.45, 7) is 15.5. The van der Waals surface area contributed by atoms with Gasteiger partial charge in [-0.3, -0.25) is 0 Å². The predicted octanol–water partition coefficient (Wildman–Crippen LogP) is 4.06. The van der Waals surface area contributed by atoms with E-state index in [0.717, 1.165) is 5.67 Å². The number of hydrogen-bond acceptors (Lipinski definition) is 2. The van der Waals surface area contributed by atoms with Gasteiger partial charge in [0.15, 0.2) is 0 Å². The minimum atomic E-state index is -2.13. The van der Waals surface area contributed by atoms with Crippen LogP contribution in [-0.2, 0) is 8.85 Å². The summed E-state index contributed by atoms with van der Waals surface area (Å²) in [4.78, 5) is 0. The minimum absolute atomic E-state index is 0.228. The third kappa shape index (κ3) is 5.52. The predicted molar refractivity (Wildman–Crippen MR) is 92.4 cm³/mol. The topological polar surface area (TPSA) is 18.5 Å². The first kappa shape index (κ1) is 17.6. The van der Waals surface area contributed by atoms with Gasteiger partial charge in [0.25, 0.3) is 0 Å². The Morgan fingerprint density at radius 1 is 0.850 bits per heavy atom. The lowest BCUT2D eigenvalue weighted by atomic mass is 10.4. The van der Waals surface area contributed by atoms with Gasteiger partial charge in [-0.05, 0) is 39.9 Å². The van der Waals surface area contributed by atoms with Crippen molar-refractivity contribution in [2.24, 2.45) is 0 Å². The van der Waals surface area contributed by atoms with Gasteiger partial charge < -0.3 is 8.85 Å². The number of benzene rings is 1. The molecule has 4 heteroatoms. The molecule has 0 amide bonds. The van der Waals surface area contributed by atoms with Gasteiger partial charge in [0.2, 0.25) is 0 Å². The van der Waals surface area contributed by atoms with E-state index in [0.29, 0.717) is 0 Å². The molecule has 1 rings (SSSR count). The molecule has 0 aliphatic heterocycles. The van der Waals surface area contributed by atoms with Gasteiger partial charge in [0.05, 0.1) is 8.07 Å². The highest BCUT2D eigenvalue weighted by Crippen LogP contribution is 2.25. The maximum Gasteiger partial charge on any atom is 0.332 e. The molecule has 0 bridgehead atoms. The van der Waals surface area contributed by atoms with E-state index in [4.69, 9.17) is 8.85 Å². The van der Waals surface area contributed by atoms with E-state index >= 15 is 0 Å². The lowest BCUT2D eigenvalue weighted by molar-refractivity contribution is 0.112. The van der Waals surface area contributed by atoms with Crippen LogP contribution in [0.15, 0.2) is 30.3 Å². The fraction of sp³-hybridized carbons (Fsp3) is 0.625. The molecular formula is C16H30O2Si2. The molecule has 0 N–H and O–H groups in total. The quantitative estimate of drug-likeness (QED) is 0.707. The highest BCUT2D eigenvalue weighted by Gasteiger charge is 2.41. The third-order valence-corrected chi connectivity index (χ3v) is 13.2. The minimum Gasteiger partial charge on any atom is -0.392 e. The van der Waals surface area contributed by atoms with Gasteiger partial charge in [-0.15, -0.1) is 0 Å². The Labute approximate surface area is 126 Å². The Morgan fingerprint density at radius 3 is 1.70 bits per heavy atom. The van der Waals surface area contributed by atoms with Gasteiger partial charge in [-0.25, -0.2) is 0 Å². The zero-order chi connectivity index (χ0) is 15.4. The Morgan fingerprint density at radius 2 is 1.30 bits per heavy atom. The van der Waals surface area contributed by atoms with E-state index in [1.165, 1.54) is 5.19 Å². The molecule has 0 aliphatic carbocycles. The van der Waals surface area contributed by atoms with Crippen molar-refractivity contribution in [1.29, 1.82) is 0 Å². The SMILES string of the molecule is CC(C)O[Si](C)(C[Si](C)(C)c1ccccc1)OC(C)C. The van der Waals surface area contributed by atoms with Gasteiger partial charge >= 0.3 is 8.56 Å². The van der Waals surface area contributed by atoms with E-state index in [2.05, 4.69) is 77.7 Å². The molecule has 0 heterocycles. The van der Waals surface area contributed by atoms with Crippen LogP contribution in [0.25, 0.3) is 0 Å². The summed E-state index contributed by atoms with van der Waals surface area (Å²) in [5.74, 6) is 0. The fourth-order valence-electron chi connectivity index (χ4n) is 2.90. The van der Waals surface area contributed by atoms with Gasteiger partial charge in [0, 0.05) is 12.2 Å². The molecule has 1 aromatic rings. The molecule has 0 spiro atoms. The second-order valence-electron chi connectivity index (χ2n) is 6.89. The van der Waals surface area contributed by atoms with Crippen LogP contribution in [-0.4, -0.2) is 28.8 Å². The first-order valence-electron chi connectivity index (χ1n) is 7.56.